The van der Waals surface area contributed by atoms with E-state index in [0.717, 1.165) is 24.1 Å². The van der Waals surface area contributed by atoms with Gasteiger partial charge in [-0.1, -0.05) is 19.9 Å². The highest BCUT2D eigenvalue weighted by atomic mass is 19.1. The quantitative estimate of drug-likeness (QED) is 0.746. The third-order valence-electron chi connectivity index (χ3n) is 3.00. The minimum Gasteiger partial charge on any atom is -0.392 e. The van der Waals surface area contributed by atoms with E-state index >= 15 is 0 Å². The van der Waals surface area contributed by atoms with E-state index in [0.29, 0.717) is 6.54 Å². The Labute approximate surface area is 103 Å². The van der Waals surface area contributed by atoms with Gasteiger partial charge in [0.15, 0.2) is 0 Å². The zero-order chi connectivity index (χ0) is 12.8. The highest BCUT2D eigenvalue weighted by Crippen LogP contribution is 2.10. The standard InChI is InChI=1S/C14H22FNO/c1-10(2)14(17)9-16-7-6-12-4-5-13(15)8-11(12)3/h4-5,8,10,14,16-17H,6-7,9H2,1-3H3. The summed E-state index contributed by atoms with van der Waals surface area (Å²) in [5, 5.41) is 12.8. The molecule has 0 aliphatic carbocycles. The van der Waals surface area contributed by atoms with Gasteiger partial charge in [0.05, 0.1) is 6.10 Å². The van der Waals surface area contributed by atoms with Crippen LogP contribution in [0.4, 0.5) is 4.39 Å². The number of rotatable bonds is 6. The van der Waals surface area contributed by atoms with E-state index in [4.69, 9.17) is 0 Å². The number of nitrogens with one attached hydrogen (secondary N) is 1. The summed E-state index contributed by atoms with van der Waals surface area (Å²) in [6, 6.07) is 4.87. The summed E-state index contributed by atoms with van der Waals surface area (Å²) in [4.78, 5) is 0. The third-order valence-corrected chi connectivity index (χ3v) is 3.00. The largest absolute Gasteiger partial charge is 0.392 e. The Balaban J connectivity index is 2.31. The molecule has 0 aromatic heterocycles. The Morgan fingerprint density at radius 1 is 1.35 bits per heavy atom. The summed E-state index contributed by atoms with van der Waals surface area (Å²) in [5.74, 6) is 0.0875. The molecular formula is C14H22FNO. The smallest absolute Gasteiger partial charge is 0.123 e. The van der Waals surface area contributed by atoms with E-state index in [1.165, 1.54) is 6.07 Å². The number of halogens is 1. The van der Waals surface area contributed by atoms with Gasteiger partial charge < -0.3 is 10.4 Å². The lowest BCUT2D eigenvalue weighted by Gasteiger charge is -2.15. The molecule has 2 N–H and O–H groups in total. The molecule has 3 heteroatoms. The maximum Gasteiger partial charge on any atom is 0.123 e. The molecule has 17 heavy (non-hydrogen) atoms. The van der Waals surface area contributed by atoms with E-state index in [1.54, 1.807) is 6.07 Å². The molecule has 0 fully saturated rings. The summed E-state index contributed by atoms with van der Waals surface area (Å²) >= 11 is 0. The molecule has 0 amide bonds. The lowest BCUT2D eigenvalue weighted by Crippen LogP contribution is -2.31. The fourth-order valence-electron chi connectivity index (χ4n) is 1.65. The summed E-state index contributed by atoms with van der Waals surface area (Å²) in [6.45, 7) is 7.32. The van der Waals surface area contributed by atoms with Crippen molar-refractivity contribution in [2.24, 2.45) is 5.92 Å². The number of benzene rings is 1. The molecule has 0 saturated heterocycles. The van der Waals surface area contributed by atoms with Gasteiger partial charge in [-0.3, -0.25) is 0 Å². The minimum absolute atomic E-state index is 0.186. The third kappa shape index (κ3) is 4.84. The van der Waals surface area contributed by atoms with E-state index < -0.39 is 0 Å². The van der Waals surface area contributed by atoms with Gasteiger partial charge in [-0.05, 0) is 49.1 Å². The van der Waals surface area contributed by atoms with Crippen molar-refractivity contribution in [2.75, 3.05) is 13.1 Å². The summed E-state index contributed by atoms with van der Waals surface area (Å²) in [7, 11) is 0. The first-order valence-corrected chi connectivity index (χ1v) is 6.14. The molecule has 1 rings (SSSR count). The number of hydrogen-bond acceptors (Lipinski definition) is 2. The lowest BCUT2D eigenvalue weighted by molar-refractivity contribution is 0.124. The van der Waals surface area contributed by atoms with Gasteiger partial charge in [-0.25, -0.2) is 4.39 Å². The van der Waals surface area contributed by atoms with Crippen LogP contribution in [0.3, 0.4) is 0 Å². The highest BCUT2D eigenvalue weighted by molar-refractivity contribution is 5.26. The van der Waals surface area contributed by atoms with E-state index in [9.17, 15) is 9.50 Å². The molecule has 0 saturated carbocycles. The number of aliphatic hydroxyl groups is 1. The molecule has 0 spiro atoms. The molecule has 0 heterocycles. The van der Waals surface area contributed by atoms with Gasteiger partial charge in [0.1, 0.15) is 5.82 Å². The summed E-state index contributed by atoms with van der Waals surface area (Å²) < 4.78 is 12.9. The zero-order valence-corrected chi connectivity index (χ0v) is 10.8. The molecule has 0 radical (unpaired) electrons. The fourth-order valence-corrected chi connectivity index (χ4v) is 1.65. The monoisotopic (exact) mass is 239 g/mol. The van der Waals surface area contributed by atoms with Crippen LogP contribution >= 0.6 is 0 Å². The predicted molar refractivity (Wildman–Crippen MR) is 68.6 cm³/mol. The van der Waals surface area contributed by atoms with Crippen LogP contribution in [-0.2, 0) is 6.42 Å². The summed E-state index contributed by atoms with van der Waals surface area (Å²) in [5.41, 5.74) is 2.13. The van der Waals surface area contributed by atoms with Gasteiger partial charge in [-0.2, -0.15) is 0 Å². The average Bonchev–Trinajstić information content (AvgIpc) is 2.26. The molecule has 1 aromatic rings. The number of aryl methyl sites for hydroxylation is 1. The van der Waals surface area contributed by atoms with Gasteiger partial charge in [-0.15, -0.1) is 0 Å². The Morgan fingerprint density at radius 3 is 2.65 bits per heavy atom. The SMILES string of the molecule is Cc1cc(F)ccc1CCNCC(O)C(C)C. The molecule has 96 valence electrons. The van der Waals surface area contributed by atoms with Crippen molar-refractivity contribution in [1.82, 2.24) is 5.32 Å². The minimum atomic E-state index is -0.302. The molecule has 1 aromatic carbocycles. The Morgan fingerprint density at radius 2 is 2.06 bits per heavy atom. The first-order chi connectivity index (χ1) is 8.00. The van der Waals surface area contributed by atoms with E-state index in [-0.39, 0.29) is 17.8 Å². The molecule has 2 nitrogen and oxygen atoms in total. The maximum absolute atomic E-state index is 12.9. The van der Waals surface area contributed by atoms with Crippen molar-refractivity contribution >= 4 is 0 Å². The lowest BCUT2D eigenvalue weighted by atomic mass is 10.1. The van der Waals surface area contributed by atoms with Crippen LogP contribution in [0.15, 0.2) is 18.2 Å². The van der Waals surface area contributed by atoms with Gasteiger partial charge in [0, 0.05) is 6.54 Å². The first kappa shape index (κ1) is 14.1. The second-order valence-corrected chi connectivity index (χ2v) is 4.84. The molecule has 1 atom stereocenters. The first-order valence-electron chi connectivity index (χ1n) is 6.14. The van der Waals surface area contributed by atoms with Crippen LogP contribution in [-0.4, -0.2) is 24.3 Å². The normalized spacial score (nSPS) is 13.1. The molecular weight excluding hydrogens is 217 g/mol. The number of aliphatic hydroxyl groups excluding tert-OH is 1. The van der Waals surface area contributed by atoms with Crippen LogP contribution in [0.2, 0.25) is 0 Å². The van der Waals surface area contributed by atoms with Crippen LogP contribution in [0.25, 0.3) is 0 Å². The second kappa shape index (κ2) is 6.72. The van der Waals surface area contributed by atoms with Crippen molar-refractivity contribution in [3.8, 4) is 0 Å². The number of hydrogen-bond donors (Lipinski definition) is 2. The van der Waals surface area contributed by atoms with Crippen molar-refractivity contribution in [3.05, 3.63) is 35.1 Å². The van der Waals surface area contributed by atoms with Crippen LogP contribution < -0.4 is 5.32 Å². The second-order valence-electron chi connectivity index (χ2n) is 4.84. The maximum atomic E-state index is 12.9. The van der Waals surface area contributed by atoms with Crippen LogP contribution in [0.1, 0.15) is 25.0 Å². The van der Waals surface area contributed by atoms with Crippen molar-refractivity contribution in [1.29, 1.82) is 0 Å². The van der Waals surface area contributed by atoms with Crippen LogP contribution in [0, 0.1) is 18.7 Å². The summed E-state index contributed by atoms with van der Waals surface area (Å²) in [6.07, 6.45) is 0.557. The molecule has 1 unspecified atom stereocenters. The fraction of sp³-hybridized carbons (Fsp3) is 0.571. The Kier molecular flexibility index (Phi) is 5.59. The van der Waals surface area contributed by atoms with Gasteiger partial charge in [0.25, 0.3) is 0 Å². The van der Waals surface area contributed by atoms with E-state index in [1.807, 2.05) is 26.8 Å². The highest BCUT2D eigenvalue weighted by Gasteiger charge is 2.07. The Bertz CT molecular complexity index is 352. The van der Waals surface area contributed by atoms with Gasteiger partial charge >= 0.3 is 0 Å². The topological polar surface area (TPSA) is 32.3 Å². The molecule has 0 aliphatic rings. The van der Waals surface area contributed by atoms with Crippen LogP contribution in [0.5, 0.6) is 0 Å². The predicted octanol–water partition coefficient (Wildman–Crippen LogP) is 2.28. The zero-order valence-electron chi connectivity index (χ0n) is 10.8. The van der Waals surface area contributed by atoms with Crippen molar-refractivity contribution < 1.29 is 9.50 Å². The Hall–Kier alpha value is -0.930. The molecule has 0 aliphatic heterocycles. The van der Waals surface area contributed by atoms with Gasteiger partial charge in [0.2, 0.25) is 0 Å². The average molecular weight is 239 g/mol. The molecule has 0 bridgehead atoms. The van der Waals surface area contributed by atoms with E-state index in [2.05, 4.69) is 5.32 Å². The van der Waals surface area contributed by atoms with Crippen molar-refractivity contribution in [2.45, 2.75) is 33.3 Å². The van der Waals surface area contributed by atoms with Crippen molar-refractivity contribution in [3.63, 3.8) is 0 Å².